The minimum Gasteiger partial charge on any atom is -0.394 e. The van der Waals surface area contributed by atoms with E-state index in [1.54, 1.807) is 0 Å². The fourth-order valence-corrected chi connectivity index (χ4v) is 2.38. The number of amides is 1. The monoisotopic (exact) mass is 256 g/mol. The molecule has 1 saturated carbocycles. The van der Waals surface area contributed by atoms with Crippen molar-refractivity contribution in [1.29, 1.82) is 0 Å². The Bertz CT molecular complexity index is 269. The number of ether oxygens (including phenoxy) is 1. The van der Waals surface area contributed by atoms with E-state index < -0.39 is 0 Å². The summed E-state index contributed by atoms with van der Waals surface area (Å²) in [4.78, 5) is 14.1. The number of nitrogens with one attached hydrogen (secondary N) is 1. The Morgan fingerprint density at radius 1 is 1.33 bits per heavy atom. The van der Waals surface area contributed by atoms with Gasteiger partial charge in [0.05, 0.1) is 19.3 Å². The number of nitrogens with zero attached hydrogens (tertiary/aromatic N) is 1. The summed E-state index contributed by atoms with van der Waals surface area (Å²) in [5.74, 6) is 0.260. The summed E-state index contributed by atoms with van der Waals surface area (Å²) in [6.07, 6.45) is 5.36. The Kier molecular flexibility index (Phi) is 5.41. The lowest BCUT2D eigenvalue weighted by atomic mass is 10.0. The number of hydrogen-bond acceptors (Lipinski definition) is 4. The summed E-state index contributed by atoms with van der Waals surface area (Å²) in [5, 5.41) is 12.0. The SMILES string of the molecule is O=C1C(NC2CC2)CCCN1CCCOCCO. The lowest BCUT2D eigenvalue weighted by Gasteiger charge is -2.32. The van der Waals surface area contributed by atoms with Crippen LogP contribution < -0.4 is 5.32 Å². The molecule has 0 bridgehead atoms. The van der Waals surface area contributed by atoms with Crippen LogP contribution in [0.25, 0.3) is 0 Å². The number of likely N-dealkylation sites (tertiary alicyclic amines) is 1. The van der Waals surface area contributed by atoms with Crippen LogP contribution in [0.4, 0.5) is 0 Å². The van der Waals surface area contributed by atoms with Crippen LogP contribution in [0.2, 0.25) is 0 Å². The van der Waals surface area contributed by atoms with E-state index in [2.05, 4.69) is 5.32 Å². The average molecular weight is 256 g/mol. The molecule has 0 spiro atoms. The van der Waals surface area contributed by atoms with Crippen LogP contribution in [0.3, 0.4) is 0 Å². The first-order valence-corrected chi connectivity index (χ1v) is 7.04. The van der Waals surface area contributed by atoms with Gasteiger partial charge in [0.1, 0.15) is 0 Å². The molecule has 1 unspecified atom stereocenters. The predicted octanol–water partition coefficient (Wildman–Crippen LogP) is 0.128. The van der Waals surface area contributed by atoms with Gasteiger partial charge in [0.15, 0.2) is 0 Å². The molecule has 1 aliphatic heterocycles. The maximum atomic E-state index is 12.2. The van der Waals surface area contributed by atoms with Crippen molar-refractivity contribution >= 4 is 5.91 Å². The molecule has 2 aliphatic rings. The van der Waals surface area contributed by atoms with Crippen molar-refractivity contribution in [2.24, 2.45) is 0 Å². The van der Waals surface area contributed by atoms with Crippen LogP contribution in [0.5, 0.6) is 0 Å². The standard InChI is InChI=1S/C13H24N2O3/c16-8-10-18-9-2-7-15-6-1-3-12(13(15)17)14-11-4-5-11/h11-12,14,16H,1-10H2. The number of aliphatic hydroxyl groups excluding tert-OH is 1. The van der Waals surface area contributed by atoms with E-state index in [0.29, 0.717) is 19.3 Å². The van der Waals surface area contributed by atoms with Gasteiger partial charge in [-0.15, -0.1) is 0 Å². The zero-order valence-electron chi connectivity index (χ0n) is 10.9. The summed E-state index contributed by atoms with van der Waals surface area (Å²) >= 11 is 0. The first kappa shape index (κ1) is 13.8. The minimum absolute atomic E-state index is 0.0459. The molecule has 5 nitrogen and oxygen atoms in total. The van der Waals surface area contributed by atoms with Gasteiger partial charge in [-0.1, -0.05) is 0 Å². The molecular formula is C13H24N2O3. The van der Waals surface area contributed by atoms with Gasteiger partial charge in [-0.05, 0) is 32.1 Å². The number of aliphatic hydroxyl groups is 1. The minimum atomic E-state index is 0.0459. The zero-order chi connectivity index (χ0) is 12.8. The van der Waals surface area contributed by atoms with Gasteiger partial charge in [-0.2, -0.15) is 0 Å². The molecule has 0 aromatic heterocycles. The van der Waals surface area contributed by atoms with Gasteiger partial charge in [0.25, 0.3) is 0 Å². The third kappa shape index (κ3) is 4.23. The van der Waals surface area contributed by atoms with Crippen molar-refractivity contribution in [3.63, 3.8) is 0 Å². The Balaban J connectivity index is 1.65. The number of carbonyl (C=O) groups excluding carboxylic acids is 1. The van der Waals surface area contributed by atoms with Crippen molar-refractivity contribution in [2.75, 3.05) is 32.9 Å². The fraction of sp³-hybridized carbons (Fsp3) is 0.923. The van der Waals surface area contributed by atoms with Gasteiger partial charge < -0.3 is 20.1 Å². The maximum Gasteiger partial charge on any atom is 0.239 e. The Labute approximate surface area is 108 Å². The lowest BCUT2D eigenvalue weighted by molar-refractivity contribution is -0.136. The van der Waals surface area contributed by atoms with E-state index in [9.17, 15) is 4.79 Å². The van der Waals surface area contributed by atoms with Gasteiger partial charge in [-0.25, -0.2) is 0 Å². The normalized spacial score (nSPS) is 24.6. The van der Waals surface area contributed by atoms with Crippen LogP contribution in [-0.4, -0.2) is 60.9 Å². The highest BCUT2D eigenvalue weighted by Crippen LogP contribution is 2.22. The van der Waals surface area contributed by atoms with Crippen molar-refractivity contribution in [1.82, 2.24) is 10.2 Å². The molecule has 1 heterocycles. The van der Waals surface area contributed by atoms with Gasteiger partial charge in [0.2, 0.25) is 5.91 Å². The molecule has 1 aliphatic carbocycles. The van der Waals surface area contributed by atoms with Crippen LogP contribution >= 0.6 is 0 Å². The molecule has 18 heavy (non-hydrogen) atoms. The van der Waals surface area contributed by atoms with Crippen LogP contribution in [-0.2, 0) is 9.53 Å². The number of piperidine rings is 1. The van der Waals surface area contributed by atoms with Crippen LogP contribution in [0.15, 0.2) is 0 Å². The largest absolute Gasteiger partial charge is 0.394 e. The molecule has 0 radical (unpaired) electrons. The summed E-state index contributed by atoms with van der Waals surface area (Å²) in [7, 11) is 0. The van der Waals surface area contributed by atoms with Crippen molar-refractivity contribution in [2.45, 2.75) is 44.2 Å². The third-order valence-electron chi connectivity index (χ3n) is 3.50. The third-order valence-corrected chi connectivity index (χ3v) is 3.50. The maximum absolute atomic E-state index is 12.2. The number of carbonyl (C=O) groups is 1. The highest BCUT2D eigenvalue weighted by Gasteiger charge is 2.32. The summed E-state index contributed by atoms with van der Waals surface area (Å²) < 4.78 is 5.21. The lowest BCUT2D eigenvalue weighted by Crippen LogP contribution is -2.51. The quantitative estimate of drug-likeness (QED) is 0.606. The van der Waals surface area contributed by atoms with E-state index in [0.717, 1.165) is 32.4 Å². The highest BCUT2D eigenvalue weighted by atomic mass is 16.5. The molecular weight excluding hydrogens is 232 g/mol. The molecule has 1 amide bonds. The number of hydrogen-bond donors (Lipinski definition) is 2. The van der Waals surface area contributed by atoms with Crippen molar-refractivity contribution in [3.8, 4) is 0 Å². The van der Waals surface area contributed by atoms with Crippen LogP contribution in [0.1, 0.15) is 32.1 Å². The summed E-state index contributed by atoms with van der Waals surface area (Å²) in [5.41, 5.74) is 0. The second-order valence-electron chi connectivity index (χ2n) is 5.15. The summed E-state index contributed by atoms with van der Waals surface area (Å²) in [6, 6.07) is 0.636. The van der Waals surface area contributed by atoms with E-state index >= 15 is 0 Å². The smallest absolute Gasteiger partial charge is 0.239 e. The molecule has 5 heteroatoms. The molecule has 0 aromatic carbocycles. The molecule has 0 aromatic rings. The molecule has 2 N–H and O–H groups in total. The van der Waals surface area contributed by atoms with E-state index in [-0.39, 0.29) is 18.6 Å². The second-order valence-corrected chi connectivity index (χ2v) is 5.15. The molecule has 1 atom stereocenters. The molecule has 2 rings (SSSR count). The van der Waals surface area contributed by atoms with Crippen molar-refractivity contribution in [3.05, 3.63) is 0 Å². The first-order valence-electron chi connectivity index (χ1n) is 7.04. The van der Waals surface area contributed by atoms with E-state index in [4.69, 9.17) is 9.84 Å². The molecule has 1 saturated heterocycles. The molecule has 2 fully saturated rings. The highest BCUT2D eigenvalue weighted by molar-refractivity contribution is 5.82. The van der Waals surface area contributed by atoms with Crippen LogP contribution in [0, 0.1) is 0 Å². The van der Waals surface area contributed by atoms with E-state index in [1.165, 1.54) is 12.8 Å². The topological polar surface area (TPSA) is 61.8 Å². The predicted molar refractivity (Wildman–Crippen MR) is 68.3 cm³/mol. The number of rotatable bonds is 8. The Morgan fingerprint density at radius 3 is 2.89 bits per heavy atom. The fourth-order valence-electron chi connectivity index (χ4n) is 2.38. The van der Waals surface area contributed by atoms with Gasteiger partial charge >= 0.3 is 0 Å². The summed E-state index contributed by atoms with van der Waals surface area (Å²) in [6.45, 7) is 2.72. The average Bonchev–Trinajstić information content (AvgIpc) is 3.17. The van der Waals surface area contributed by atoms with Crippen molar-refractivity contribution < 1.29 is 14.6 Å². The zero-order valence-corrected chi connectivity index (χ0v) is 10.9. The first-order chi connectivity index (χ1) is 8.81. The van der Waals surface area contributed by atoms with E-state index in [1.807, 2.05) is 4.90 Å². The Morgan fingerprint density at radius 2 is 2.17 bits per heavy atom. The van der Waals surface area contributed by atoms with Gasteiger partial charge in [0, 0.05) is 25.7 Å². The Hall–Kier alpha value is -0.650. The molecule has 104 valence electrons. The second kappa shape index (κ2) is 7.07. The van der Waals surface area contributed by atoms with Gasteiger partial charge in [-0.3, -0.25) is 4.79 Å².